The maximum atomic E-state index is 13.3. The van der Waals surface area contributed by atoms with Crippen molar-refractivity contribution in [1.82, 2.24) is 19.3 Å². The molecule has 29 heavy (non-hydrogen) atoms. The summed E-state index contributed by atoms with van der Waals surface area (Å²) in [6, 6.07) is 3.15. The molecule has 156 valence electrons. The maximum Gasteiger partial charge on any atom is 0.435 e. The van der Waals surface area contributed by atoms with Crippen LogP contribution in [-0.4, -0.2) is 40.5 Å². The Morgan fingerprint density at radius 2 is 1.90 bits per heavy atom. The van der Waals surface area contributed by atoms with Crippen LogP contribution in [0.5, 0.6) is 0 Å². The van der Waals surface area contributed by atoms with Gasteiger partial charge in [0.1, 0.15) is 23.5 Å². The van der Waals surface area contributed by atoms with Gasteiger partial charge in [-0.3, -0.25) is 4.79 Å². The number of hydrogen-bond acceptors (Lipinski definition) is 6. The van der Waals surface area contributed by atoms with E-state index in [4.69, 9.17) is 11.6 Å². The predicted molar refractivity (Wildman–Crippen MR) is 98.4 cm³/mol. The van der Waals surface area contributed by atoms with E-state index in [0.29, 0.717) is 6.07 Å². The highest BCUT2D eigenvalue weighted by molar-refractivity contribution is 7.91. The smallest absolute Gasteiger partial charge is 0.413 e. The molecule has 3 aromatic rings. The lowest BCUT2D eigenvalue weighted by Gasteiger charge is -2.13. The maximum absolute atomic E-state index is 13.3. The molecule has 0 fully saturated rings. The van der Waals surface area contributed by atoms with Gasteiger partial charge in [0.2, 0.25) is 0 Å². The number of pyridine rings is 2. The molecule has 0 N–H and O–H groups in total. The quantitative estimate of drug-likeness (QED) is 0.566. The molecule has 0 aliphatic rings. The van der Waals surface area contributed by atoms with Crippen molar-refractivity contribution in [2.45, 2.75) is 18.0 Å². The molecule has 0 unspecified atom stereocenters. The average Bonchev–Trinajstić information content (AvgIpc) is 2.97. The van der Waals surface area contributed by atoms with Gasteiger partial charge in [-0.05, 0) is 18.2 Å². The van der Waals surface area contributed by atoms with E-state index in [1.165, 1.54) is 26.1 Å². The second kappa shape index (κ2) is 7.02. The highest BCUT2D eigenvalue weighted by Crippen LogP contribution is 2.32. The minimum atomic E-state index is -4.88. The van der Waals surface area contributed by atoms with E-state index in [0.717, 1.165) is 11.7 Å². The Hall–Kier alpha value is -2.60. The third-order valence-electron chi connectivity index (χ3n) is 4.23. The summed E-state index contributed by atoms with van der Waals surface area (Å²) in [6.07, 6.45) is -4.88. The van der Waals surface area contributed by atoms with Crippen LogP contribution in [-0.2, 0) is 23.1 Å². The standard InChI is InChI=1S/C16H14ClF3N4O4S/c1-4-29(26,27)9-5-6-11(17)22-12(9)14-21-8-7-10(16(18,19)20)24(28-3)15(25)13(8)23(14)2/h5-7H,4H2,1-3H3. The molecule has 0 bridgehead atoms. The van der Waals surface area contributed by atoms with Gasteiger partial charge >= 0.3 is 11.7 Å². The predicted octanol–water partition coefficient (Wildman–Crippen LogP) is 2.32. The zero-order valence-electron chi connectivity index (χ0n) is 15.3. The Morgan fingerprint density at radius 1 is 1.24 bits per heavy atom. The van der Waals surface area contributed by atoms with Crippen molar-refractivity contribution in [1.29, 1.82) is 0 Å². The van der Waals surface area contributed by atoms with Crippen LogP contribution in [0.25, 0.3) is 22.6 Å². The van der Waals surface area contributed by atoms with Crippen molar-refractivity contribution in [2.24, 2.45) is 7.05 Å². The first-order valence-corrected chi connectivity index (χ1v) is 10.1. The molecular formula is C16H14ClF3N4O4S. The van der Waals surface area contributed by atoms with Gasteiger partial charge in [-0.15, -0.1) is 4.73 Å². The molecule has 3 rings (SSSR count). The Morgan fingerprint density at radius 3 is 2.45 bits per heavy atom. The van der Waals surface area contributed by atoms with Gasteiger partial charge in [-0.2, -0.15) is 13.2 Å². The Balaban J connectivity index is 2.44. The summed E-state index contributed by atoms with van der Waals surface area (Å²) in [7, 11) is -1.49. The highest BCUT2D eigenvalue weighted by Gasteiger charge is 2.37. The Bertz CT molecular complexity index is 1280. The molecule has 0 aliphatic heterocycles. The number of alkyl halides is 3. The van der Waals surface area contributed by atoms with Gasteiger partial charge in [0, 0.05) is 7.05 Å². The average molecular weight is 451 g/mol. The minimum Gasteiger partial charge on any atom is -0.413 e. The zero-order chi connectivity index (χ0) is 21.7. The normalized spacial score (nSPS) is 12.5. The van der Waals surface area contributed by atoms with E-state index in [9.17, 15) is 26.4 Å². The molecule has 0 aromatic carbocycles. The number of halogens is 4. The van der Waals surface area contributed by atoms with Crippen LogP contribution in [0.4, 0.5) is 13.2 Å². The molecule has 13 heteroatoms. The van der Waals surface area contributed by atoms with Gasteiger partial charge in [0.25, 0.3) is 0 Å². The van der Waals surface area contributed by atoms with Crippen molar-refractivity contribution in [3.05, 3.63) is 39.4 Å². The molecular weight excluding hydrogens is 437 g/mol. The molecule has 0 amide bonds. The third kappa shape index (κ3) is 3.46. The lowest BCUT2D eigenvalue weighted by molar-refractivity contribution is -0.151. The first kappa shape index (κ1) is 21.1. The van der Waals surface area contributed by atoms with E-state index >= 15 is 0 Å². The molecule has 0 saturated carbocycles. The monoisotopic (exact) mass is 450 g/mol. The highest BCUT2D eigenvalue weighted by atomic mass is 35.5. The van der Waals surface area contributed by atoms with Crippen molar-refractivity contribution in [3.63, 3.8) is 0 Å². The largest absolute Gasteiger partial charge is 0.435 e. The van der Waals surface area contributed by atoms with Crippen molar-refractivity contribution >= 4 is 32.5 Å². The molecule has 3 aromatic heterocycles. The fourth-order valence-electron chi connectivity index (χ4n) is 2.85. The number of imidazole rings is 1. The van der Waals surface area contributed by atoms with E-state index in [2.05, 4.69) is 14.8 Å². The van der Waals surface area contributed by atoms with Gasteiger partial charge in [0.15, 0.2) is 21.4 Å². The summed E-state index contributed by atoms with van der Waals surface area (Å²) < 4.78 is 66.0. The summed E-state index contributed by atoms with van der Waals surface area (Å²) in [5.74, 6) is -0.379. The molecule has 3 heterocycles. The van der Waals surface area contributed by atoms with Crippen molar-refractivity contribution in [3.8, 4) is 11.5 Å². The number of fused-ring (bicyclic) bond motifs is 1. The summed E-state index contributed by atoms with van der Waals surface area (Å²) in [5, 5.41) is -0.0487. The second-order valence-corrected chi connectivity index (χ2v) is 8.56. The van der Waals surface area contributed by atoms with Gasteiger partial charge in [-0.1, -0.05) is 18.5 Å². The SMILES string of the molecule is CCS(=O)(=O)c1ccc(Cl)nc1-c1nc2cc(C(F)(F)F)n(OC)c(=O)c2n1C. The summed E-state index contributed by atoms with van der Waals surface area (Å²) in [4.78, 5) is 25.1. The third-order valence-corrected chi connectivity index (χ3v) is 6.20. The van der Waals surface area contributed by atoms with Crippen LogP contribution in [0.3, 0.4) is 0 Å². The molecule has 0 spiro atoms. The number of sulfone groups is 1. The van der Waals surface area contributed by atoms with E-state index in [-0.39, 0.29) is 43.1 Å². The van der Waals surface area contributed by atoms with Crippen LogP contribution in [0.1, 0.15) is 12.6 Å². The summed E-state index contributed by atoms with van der Waals surface area (Å²) in [5.41, 5.74) is -3.16. The molecule has 0 saturated heterocycles. The molecule has 8 nitrogen and oxygen atoms in total. The summed E-state index contributed by atoms with van der Waals surface area (Å²) >= 11 is 5.90. The van der Waals surface area contributed by atoms with Gasteiger partial charge < -0.3 is 9.40 Å². The van der Waals surface area contributed by atoms with Gasteiger partial charge in [0.05, 0.1) is 16.2 Å². The number of rotatable bonds is 4. The first-order chi connectivity index (χ1) is 13.4. The van der Waals surface area contributed by atoms with Crippen LogP contribution < -0.4 is 10.4 Å². The van der Waals surface area contributed by atoms with E-state index in [1.54, 1.807) is 0 Å². The zero-order valence-corrected chi connectivity index (χ0v) is 16.9. The fraction of sp³-hybridized carbons (Fsp3) is 0.312. The minimum absolute atomic E-state index is 0.0487. The van der Waals surface area contributed by atoms with Gasteiger partial charge in [-0.25, -0.2) is 18.4 Å². The number of nitrogens with zero attached hydrogens (tertiary/aromatic N) is 4. The lowest BCUT2D eigenvalue weighted by Crippen LogP contribution is -2.32. The topological polar surface area (TPSA) is 96.1 Å². The van der Waals surface area contributed by atoms with Crippen LogP contribution >= 0.6 is 11.6 Å². The summed E-state index contributed by atoms with van der Waals surface area (Å²) in [6.45, 7) is 1.43. The number of aromatic nitrogens is 4. The van der Waals surface area contributed by atoms with Crippen molar-refractivity contribution < 1.29 is 26.4 Å². The molecule has 0 atom stereocenters. The van der Waals surface area contributed by atoms with Crippen LogP contribution in [0.15, 0.2) is 27.9 Å². The van der Waals surface area contributed by atoms with E-state index < -0.39 is 27.3 Å². The van der Waals surface area contributed by atoms with E-state index in [1.807, 2.05) is 0 Å². The molecule has 0 radical (unpaired) electrons. The van der Waals surface area contributed by atoms with Crippen molar-refractivity contribution in [2.75, 3.05) is 12.9 Å². The first-order valence-electron chi connectivity index (χ1n) is 8.06. The molecule has 0 aliphatic carbocycles. The lowest BCUT2D eigenvalue weighted by atomic mass is 10.3. The Labute approximate surface area is 167 Å². The number of aryl methyl sites for hydroxylation is 1. The Kier molecular flexibility index (Phi) is 5.11. The second-order valence-electron chi connectivity index (χ2n) is 5.92. The fourth-order valence-corrected chi connectivity index (χ4v) is 4.01. The van der Waals surface area contributed by atoms with Crippen LogP contribution in [0, 0.1) is 0 Å². The van der Waals surface area contributed by atoms with Crippen LogP contribution in [0.2, 0.25) is 5.15 Å². The number of hydrogen-bond donors (Lipinski definition) is 0.